The molecular formula is C12H25NOS. The van der Waals surface area contributed by atoms with Crippen molar-refractivity contribution in [3.63, 3.8) is 0 Å². The van der Waals surface area contributed by atoms with Crippen molar-refractivity contribution in [1.29, 1.82) is 0 Å². The molecule has 0 saturated heterocycles. The highest BCUT2D eigenvalue weighted by Gasteiger charge is 2.23. The van der Waals surface area contributed by atoms with Gasteiger partial charge in [0.05, 0.1) is 0 Å². The summed E-state index contributed by atoms with van der Waals surface area (Å²) in [6.07, 6.45) is 5.29. The summed E-state index contributed by atoms with van der Waals surface area (Å²) in [4.78, 5) is 0. The standard InChI is InChI=1S/C12H25NOS/c1-4-13-10(2)11(3)15(14)9-12-7-5-6-8-12/h10-13H,4-9H2,1-3H3. The molecule has 1 rings (SSSR count). The van der Waals surface area contributed by atoms with Gasteiger partial charge in [0.25, 0.3) is 0 Å². The molecule has 0 heterocycles. The largest absolute Gasteiger partial charge is 0.313 e. The predicted molar refractivity (Wildman–Crippen MR) is 67.6 cm³/mol. The molecule has 0 radical (unpaired) electrons. The molecule has 3 atom stereocenters. The van der Waals surface area contributed by atoms with Crippen molar-refractivity contribution in [3.05, 3.63) is 0 Å². The summed E-state index contributed by atoms with van der Waals surface area (Å²) < 4.78 is 12.1. The van der Waals surface area contributed by atoms with E-state index in [1.807, 2.05) is 0 Å². The quantitative estimate of drug-likeness (QED) is 0.760. The second-order valence-corrected chi connectivity index (χ2v) is 6.59. The Morgan fingerprint density at radius 3 is 2.47 bits per heavy atom. The van der Waals surface area contributed by atoms with Gasteiger partial charge >= 0.3 is 0 Å². The van der Waals surface area contributed by atoms with Gasteiger partial charge in [-0.15, -0.1) is 0 Å². The zero-order valence-corrected chi connectivity index (χ0v) is 11.1. The van der Waals surface area contributed by atoms with Gasteiger partial charge in [-0.1, -0.05) is 19.8 Å². The van der Waals surface area contributed by atoms with Crippen molar-refractivity contribution >= 4 is 10.8 Å². The van der Waals surface area contributed by atoms with Gasteiger partial charge in [-0.2, -0.15) is 0 Å². The van der Waals surface area contributed by atoms with Crippen LogP contribution in [-0.4, -0.2) is 27.8 Å². The number of nitrogens with one attached hydrogen (secondary N) is 1. The Morgan fingerprint density at radius 1 is 1.33 bits per heavy atom. The molecule has 3 heteroatoms. The fraction of sp³-hybridized carbons (Fsp3) is 1.00. The van der Waals surface area contributed by atoms with E-state index in [1.165, 1.54) is 25.7 Å². The van der Waals surface area contributed by atoms with Crippen molar-refractivity contribution in [3.8, 4) is 0 Å². The van der Waals surface area contributed by atoms with Gasteiger partial charge in [0, 0.05) is 27.8 Å². The first-order chi connectivity index (χ1) is 7.15. The van der Waals surface area contributed by atoms with Crippen molar-refractivity contribution in [2.45, 2.75) is 57.7 Å². The Hall–Kier alpha value is 0.110. The van der Waals surface area contributed by atoms with E-state index in [0.29, 0.717) is 6.04 Å². The Morgan fingerprint density at radius 2 is 1.93 bits per heavy atom. The third-order valence-corrected chi connectivity index (χ3v) is 5.56. The first-order valence-corrected chi connectivity index (χ1v) is 7.64. The molecule has 1 aliphatic carbocycles. The fourth-order valence-electron chi connectivity index (χ4n) is 2.28. The highest BCUT2D eigenvalue weighted by atomic mass is 32.2. The summed E-state index contributed by atoms with van der Waals surface area (Å²) in [7, 11) is -0.649. The molecule has 0 aromatic rings. The van der Waals surface area contributed by atoms with E-state index in [-0.39, 0.29) is 5.25 Å². The van der Waals surface area contributed by atoms with Crippen LogP contribution in [0.15, 0.2) is 0 Å². The predicted octanol–water partition coefficient (Wildman–Crippen LogP) is 2.31. The maximum absolute atomic E-state index is 12.1. The summed E-state index contributed by atoms with van der Waals surface area (Å²) in [5.74, 6) is 1.67. The zero-order valence-electron chi connectivity index (χ0n) is 10.3. The Bertz CT molecular complexity index is 202. The maximum atomic E-state index is 12.1. The lowest BCUT2D eigenvalue weighted by Gasteiger charge is -2.21. The first kappa shape index (κ1) is 13.2. The molecule has 0 spiro atoms. The summed E-state index contributed by atoms with van der Waals surface area (Å²) >= 11 is 0. The smallest absolute Gasteiger partial charge is 0.0470 e. The molecule has 0 bridgehead atoms. The lowest BCUT2D eigenvalue weighted by Crippen LogP contribution is -2.39. The highest BCUT2D eigenvalue weighted by molar-refractivity contribution is 7.85. The third kappa shape index (κ3) is 4.23. The number of hydrogen-bond donors (Lipinski definition) is 1. The maximum Gasteiger partial charge on any atom is 0.0470 e. The monoisotopic (exact) mass is 231 g/mol. The fourth-order valence-corrected chi connectivity index (χ4v) is 3.93. The van der Waals surface area contributed by atoms with E-state index in [0.717, 1.165) is 18.2 Å². The highest BCUT2D eigenvalue weighted by Crippen LogP contribution is 2.26. The number of rotatable bonds is 6. The van der Waals surface area contributed by atoms with Gasteiger partial charge < -0.3 is 5.32 Å². The van der Waals surface area contributed by atoms with Crippen LogP contribution >= 0.6 is 0 Å². The topological polar surface area (TPSA) is 29.1 Å². The Balaban J connectivity index is 2.31. The van der Waals surface area contributed by atoms with Gasteiger partial charge in [0.1, 0.15) is 0 Å². The van der Waals surface area contributed by atoms with Gasteiger partial charge in [-0.05, 0) is 39.2 Å². The van der Waals surface area contributed by atoms with Gasteiger partial charge in [0.15, 0.2) is 0 Å². The van der Waals surface area contributed by atoms with Gasteiger partial charge in [-0.3, -0.25) is 4.21 Å². The van der Waals surface area contributed by atoms with E-state index in [4.69, 9.17) is 0 Å². The summed E-state index contributed by atoms with van der Waals surface area (Å²) in [6.45, 7) is 7.31. The Kier molecular flexibility index (Phi) is 5.83. The molecule has 0 aromatic heterocycles. The van der Waals surface area contributed by atoms with Crippen LogP contribution < -0.4 is 5.32 Å². The lowest BCUT2D eigenvalue weighted by atomic mass is 10.1. The van der Waals surface area contributed by atoms with Crippen LogP contribution in [0.2, 0.25) is 0 Å². The molecule has 1 saturated carbocycles. The molecule has 3 unspecified atom stereocenters. The van der Waals surface area contributed by atoms with Crippen LogP contribution in [0, 0.1) is 5.92 Å². The minimum absolute atomic E-state index is 0.283. The Labute approximate surface area is 96.7 Å². The van der Waals surface area contributed by atoms with Gasteiger partial charge in [0.2, 0.25) is 0 Å². The van der Waals surface area contributed by atoms with Crippen LogP contribution in [0.25, 0.3) is 0 Å². The molecular weight excluding hydrogens is 206 g/mol. The first-order valence-electron chi connectivity index (χ1n) is 6.25. The van der Waals surface area contributed by atoms with Crippen molar-refractivity contribution < 1.29 is 4.21 Å². The molecule has 1 aliphatic rings. The molecule has 2 nitrogen and oxygen atoms in total. The second kappa shape index (κ2) is 6.64. The minimum atomic E-state index is -0.649. The molecule has 1 N–H and O–H groups in total. The van der Waals surface area contributed by atoms with E-state index < -0.39 is 10.8 Å². The minimum Gasteiger partial charge on any atom is -0.313 e. The van der Waals surface area contributed by atoms with E-state index >= 15 is 0 Å². The third-order valence-electron chi connectivity index (χ3n) is 3.52. The van der Waals surface area contributed by atoms with E-state index in [9.17, 15) is 4.21 Å². The molecule has 0 amide bonds. The van der Waals surface area contributed by atoms with Crippen LogP contribution in [0.3, 0.4) is 0 Å². The van der Waals surface area contributed by atoms with E-state index in [1.54, 1.807) is 0 Å². The zero-order chi connectivity index (χ0) is 11.3. The van der Waals surface area contributed by atoms with E-state index in [2.05, 4.69) is 26.1 Å². The normalized spacial score (nSPS) is 23.9. The lowest BCUT2D eigenvalue weighted by molar-refractivity contribution is 0.541. The van der Waals surface area contributed by atoms with Crippen LogP contribution in [0.4, 0.5) is 0 Å². The van der Waals surface area contributed by atoms with Crippen LogP contribution in [0.1, 0.15) is 46.5 Å². The average Bonchev–Trinajstić information content (AvgIpc) is 2.69. The molecule has 0 aliphatic heterocycles. The molecule has 0 aromatic carbocycles. The van der Waals surface area contributed by atoms with Crippen LogP contribution in [-0.2, 0) is 10.8 Å². The number of hydrogen-bond acceptors (Lipinski definition) is 2. The van der Waals surface area contributed by atoms with Crippen molar-refractivity contribution in [1.82, 2.24) is 5.32 Å². The van der Waals surface area contributed by atoms with Crippen molar-refractivity contribution in [2.24, 2.45) is 5.92 Å². The molecule has 15 heavy (non-hydrogen) atoms. The second-order valence-electron chi connectivity index (χ2n) is 4.75. The van der Waals surface area contributed by atoms with Crippen LogP contribution in [0.5, 0.6) is 0 Å². The summed E-state index contributed by atoms with van der Waals surface area (Å²) in [5, 5.41) is 3.64. The van der Waals surface area contributed by atoms with Crippen molar-refractivity contribution in [2.75, 3.05) is 12.3 Å². The molecule has 90 valence electrons. The van der Waals surface area contributed by atoms with Gasteiger partial charge in [-0.25, -0.2) is 0 Å². The SMILES string of the molecule is CCNC(C)C(C)S(=O)CC1CCCC1. The summed E-state index contributed by atoms with van der Waals surface area (Å²) in [5.41, 5.74) is 0. The average molecular weight is 231 g/mol. The molecule has 1 fully saturated rings. The summed E-state index contributed by atoms with van der Waals surface area (Å²) in [6, 6.07) is 0.372.